The quantitative estimate of drug-likeness (QED) is 0.727. The summed E-state index contributed by atoms with van der Waals surface area (Å²) in [4.78, 5) is 42.0. The third kappa shape index (κ3) is 2.73. The molecule has 0 bridgehead atoms. The Hall–Kier alpha value is -2.95. The predicted octanol–water partition coefficient (Wildman–Crippen LogP) is 3.25. The summed E-state index contributed by atoms with van der Waals surface area (Å²) in [7, 11) is 0. The molecule has 1 aliphatic heterocycles. The van der Waals surface area contributed by atoms with E-state index in [2.05, 4.69) is 0 Å². The zero-order chi connectivity index (χ0) is 19.9. The molecule has 2 atom stereocenters. The number of amides is 3. The number of nitrogens with zero attached hydrogens (tertiary/aromatic N) is 2. The first kappa shape index (κ1) is 18.4. The molecule has 3 amide bonds. The number of hydrogen-bond acceptors (Lipinski definition) is 3. The van der Waals surface area contributed by atoms with Gasteiger partial charge < -0.3 is 4.90 Å². The minimum atomic E-state index is -0.506. The van der Waals surface area contributed by atoms with Crippen molar-refractivity contribution in [1.29, 1.82) is 0 Å². The molecule has 144 valence electrons. The summed E-state index contributed by atoms with van der Waals surface area (Å²) < 4.78 is 0. The molecule has 2 unspecified atom stereocenters. The van der Waals surface area contributed by atoms with E-state index in [0.29, 0.717) is 37.1 Å². The summed E-state index contributed by atoms with van der Waals surface area (Å²) in [6.07, 6.45) is 0.923. The SMILES string of the molecule is CCN(CC)C(=O)CC1(c2ccccc2)CC1N1C(=O)c2ccccc2C1=O. The molecule has 1 fully saturated rings. The van der Waals surface area contributed by atoms with Crippen molar-refractivity contribution in [2.75, 3.05) is 13.1 Å². The molecule has 0 spiro atoms. The van der Waals surface area contributed by atoms with E-state index >= 15 is 0 Å². The van der Waals surface area contributed by atoms with Gasteiger partial charge in [-0.25, -0.2) is 0 Å². The van der Waals surface area contributed by atoms with Crippen LogP contribution in [0.15, 0.2) is 54.6 Å². The highest BCUT2D eigenvalue weighted by Gasteiger charge is 2.63. The average Bonchev–Trinajstić information content (AvgIpc) is 3.37. The molecule has 2 aromatic rings. The summed E-state index contributed by atoms with van der Waals surface area (Å²) in [6, 6.07) is 16.5. The second-order valence-electron chi connectivity index (χ2n) is 7.51. The predicted molar refractivity (Wildman–Crippen MR) is 106 cm³/mol. The Bertz CT molecular complexity index is 901. The third-order valence-corrected chi connectivity index (χ3v) is 6.10. The van der Waals surface area contributed by atoms with Gasteiger partial charge in [0.05, 0.1) is 17.2 Å². The number of carbonyl (C=O) groups is 3. The first-order chi connectivity index (χ1) is 13.5. The Morgan fingerprint density at radius 1 is 0.964 bits per heavy atom. The van der Waals surface area contributed by atoms with Crippen LogP contribution in [0.2, 0.25) is 0 Å². The summed E-state index contributed by atoms with van der Waals surface area (Å²) in [5, 5.41) is 0. The van der Waals surface area contributed by atoms with Crippen LogP contribution in [-0.4, -0.2) is 46.7 Å². The Morgan fingerprint density at radius 3 is 2.04 bits per heavy atom. The number of benzene rings is 2. The van der Waals surface area contributed by atoms with E-state index in [1.54, 1.807) is 24.3 Å². The Labute approximate surface area is 164 Å². The second-order valence-corrected chi connectivity index (χ2v) is 7.51. The Balaban J connectivity index is 1.68. The van der Waals surface area contributed by atoms with Crippen LogP contribution in [0.25, 0.3) is 0 Å². The zero-order valence-corrected chi connectivity index (χ0v) is 16.2. The molecule has 0 N–H and O–H groups in total. The highest BCUT2D eigenvalue weighted by molar-refractivity contribution is 6.21. The van der Waals surface area contributed by atoms with Gasteiger partial charge in [0.2, 0.25) is 5.91 Å². The maximum atomic E-state index is 12.9. The smallest absolute Gasteiger partial charge is 0.261 e. The van der Waals surface area contributed by atoms with E-state index in [4.69, 9.17) is 0 Å². The molecule has 0 aromatic heterocycles. The van der Waals surface area contributed by atoms with Gasteiger partial charge in [-0.3, -0.25) is 19.3 Å². The van der Waals surface area contributed by atoms with Gasteiger partial charge in [0.15, 0.2) is 0 Å². The molecule has 2 aliphatic rings. The fourth-order valence-electron chi connectivity index (χ4n) is 4.45. The number of carbonyl (C=O) groups excluding carboxylic acids is 3. The maximum absolute atomic E-state index is 12.9. The number of fused-ring (bicyclic) bond motifs is 1. The van der Waals surface area contributed by atoms with Gasteiger partial charge in [0.25, 0.3) is 11.8 Å². The van der Waals surface area contributed by atoms with Crippen molar-refractivity contribution in [3.05, 3.63) is 71.3 Å². The van der Waals surface area contributed by atoms with Crippen LogP contribution < -0.4 is 0 Å². The highest BCUT2D eigenvalue weighted by Crippen LogP contribution is 2.55. The number of rotatable bonds is 6. The van der Waals surface area contributed by atoms with Gasteiger partial charge >= 0.3 is 0 Å². The van der Waals surface area contributed by atoms with Gasteiger partial charge in [-0.15, -0.1) is 0 Å². The molecular weight excluding hydrogens is 352 g/mol. The van der Waals surface area contributed by atoms with Crippen LogP contribution in [0.5, 0.6) is 0 Å². The summed E-state index contributed by atoms with van der Waals surface area (Å²) in [5.41, 5.74) is 1.42. The largest absolute Gasteiger partial charge is 0.343 e. The minimum Gasteiger partial charge on any atom is -0.343 e. The highest BCUT2D eigenvalue weighted by atomic mass is 16.2. The van der Waals surface area contributed by atoms with E-state index in [-0.39, 0.29) is 23.8 Å². The summed E-state index contributed by atoms with van der Waals surface area (Å²) >= 11 is 0. The van der Waals surface area contributed by atoms with Crippen molar-refractivity contribution in [2.24, 2.45) is 0 Å². The van der Waals surface area contributed by atoms with Crippen molar-refractivity contribution in [2.45, 2.75) is 38.1 Å². The molecule has 1 saturated carbocycles. The molecule has 1 heterocycles. The molecule has 0 radical (unpaired) electrons. The summed E-state index contributed by atoms with van der Waals surface area (Å²) in [6.45, 7) is 5.23. The standard InChI is InChI=1S/C23H24N2O3/c1-3-24(4-2)20(26)15-23(16-10-6-5-7-11-16)14-19(23)25-21(27)17-12-8-9-13-18(17)22(25)28/h5-13,19H,3-4,14-15H2,1-2H3. The molecule has 4 rings (SSSR count). The van der Waals surface area contributed by atoms with Gasteiger partial charge in [0.1, 0.15) is 0 Å². The number of imide groups is 1. The number of hydrogen-bond donors (Lipinski definition) is 0. The monoisotopic (exact) mass is 376 g/mol. The normalized spacial score (nSPS) is 22.9. The van der Waals surface area contributed by atoms with Crippen molar-refractivity contribution >= 4 is 17.7 Å². The average molecular weight is 376 g/mol. The zero-order valence-electron chi connectivity index (χ0n) is 16.2. The second kappa shape index (κ2) is 6.89. The molecule has 5 nitrogen and oxygen atoms in total. The van der Waals surface area contributed by atoms with E-state index in [1.165, 1.54) is 4.90 Å². The molecule has 0 saturated heterocycles. The van der Waals surface area contributed by atoms with Crippen LogP contribution in [0, 0.1) is 0 Å². The molecular formula is C23H24N2O3. The van der Waals surface area contributed by atoms with Gasteiger partial charge in [-0.2, -0.15) is 0 Å². The minimum absolute atomic E-state index is 0.0629. The fraction of sp³-hybridized carbons (Fsp3) is 0.348. The topological polar surface area (TPSA) is 57.7 Å². The lowest BCUT2D eigenvalue weighted by molar-refractivity contribution is -0.131. The van der Waals surface area contributed by atoms with Gasteiger partial charge in [-0.1, -0.05) is 42.5 Å². The van der Waals surface area contributed by atoms with E-state index < -0.39 is 5.41 Å². The van der Waals surface area contributed by atoms with Crippen molar-refractivity contribution in [3.8, 4) is 0 Å². The van der Waals surface area contributed by atoms with E-state index in [1.807, 2.05) is 49.1 Å². The lowest BCUT2D eigenvalue weighted by Gasteiger charge is -2.26. The summed E-state index contributed by atoms with van der Waals surface area (Å²) in [5.74, 6) is -0.439. The first-order valence-electron chi connectivity index (χ1n) is 9.83. The Kier molecular flexibility index (Phi) is 4.53. The fourth-order valence-corrected chi connectivity index (χ4v) is 4.45. The lowest BCUT2D eigenvalue weighted by atomic mass is 9.90. The molecule has 5 heteroatoms. The van der Waals surface area contributed by atoms with Crippen LogP contribution in [0.1, 0.15) is 53.0 Å². The third-order valence-electron chi connectivity index (χ3n) is 6.10. The maximum Gasteiger partial charge on any atom is 0.261 e. The van der Waals surface area contributed by atoms with E-state index in [0.717, 1.165) is 5.56 Å². The lowest BCUT2D eigenvalue weighted by Crippen LogP contribution is -2.39. The van der Waals surface area contributed by atoms with E-state index in [9.17, 15) is 14.4 Å². The van der Waals surface area contributed by atoms with Crippen LogP contribution in [0.3, 0.4) is 0 Å². The Morgan fingerprint density at radius 2 is 1.50 bits per heavy atom. The van der Waals surface area contributed by atoms with Crippen molar-refractivity contribution < 1.29 is 14.4 Å². The van der Waals surface area contributed by atoms with Crippen LogP contribution >= 0.6 is 0 Å². The molecule has 1 aliphatic carbocycles. The van der Waals surface area contributed by atoms with Gasteiger partial charge in [-0.05, 0) is 38.0 Å². The molecule has 28 heavy (non-hydrogen) atoms. The molecule has 2 aromatic carbocycles. The first-order valence-corrected chi connectivity index (χ1v) is 9.83. The van der Waals surface area contributed by atoms with Crippen molar-refractivity contribution in [1.82, 2.24) is 9.80 Å². The van der Waals surface area contributed by atoms with Crippen LogP contribution in [0.4, 0.5) is 0 Å². The van der Waals surface area contributed by atoms with Gasteiger partial charge in [0, 0.05) is 24.9 Å². The van der Waals surface area contributed by atoms with Crippen LogP contribution in [-0.2, 0) is 10.2 Å². The van der Waals surface area contributed by atoms with Crippen molar-refractivity contribution in [3.63, 3.8) is 0 Å².